The Morgan fingerprint density at radius 2 is 2.11 bits per heavy atom. The molecule has 0 amide bonds. The predicted molar refractivity (Wildman–Crippen MR) is 65.7 cm³/mol. The van der Waals surface area contributed by atoms with Crippen LogP contribution < -0.4 is 4.57 Å². The normalized spacial score (nSPS) is 10.3. The van der Waals surface area contributed by atoms with Gasteiger partial charge in [-0.2, -0.15) is 5.10 Å². The number of aryl methyl sites for hydroxylation is 2. The van der Waals surface area contributed by atoms with E-state index in [0.29, 0.717) is 18.8 Å². The first-order valence-electron chi connectivity index (χ1n) is 5.49. The Labute approximate surface area is 109 Å². The summed E-state index contributed by atoms with van der Waals surface area (Å²) in [6, 6.07) is 3.84. The fourth-order valence-corrected chi connectivity index (χ4v) is 1.61. The molecule has 2 aromatic rings. The van der Waals surface area contributed by atoms with Gasteiger partial charge in [0.25, 0.3) is 0 Å². The van der Waals surface area contributed by atoms with E-state index in [0.717, 1.165) is 11.3 Å². The van der Waals surface area contributed by atoms with Gasteiger partial charge in [-0.15, -0.1) is 5.10 Å². The molecule has 0 spiro atoms. The Kier molecular flexibility index (Phi) is 3.94. The van der Waals surface area contributed by atoms with Crippen LogP contribution in [0.15, 0.2) is 30.7 Å². The largest absolute Gasteiger partial charge is 0.281 e. The van der Waals surface area contributed by atoms with E-state index in [9.17, 15) is 4.79 Å². The van der Waals surface area contributed by atoms with Crippen molar-refractivity contribution in [2.24, 2.45) is 0 Å². The van der Waals surface area contributed by atoms with Gasteiger partial charge in [-0.05, 0) is 18.5 Å². The number of carbonyl (C=O) groups excluding carboxylic acids is 1. The summed E-state index contributed by atoms with van der Waals surface area (Å²) < 4.78 is 1.89. The second-order valence-corrected chi connectivity index (χ2v) is 4.24. The number of aromatic nitrogens is 4. The van der Waals surface area contributed by atoms with Crippen molar-refractivity contribution >= 4 is 16.8 Å². The zero-order chi connectivity index (χ0) is 13.0. The molecular formula is C12H12ClN4O+. The lowest BCUT2D eigenvalue weighted by Gasteiger charge is -1.99. The summed E-state index contributed by atoms with van der Waals surface area (Å²) in [7, 11) is 0. The highest BCUT2D eigenvalue weighted by Gasteiger charge is 2.06. The van der Waals surface area contributed by atoms with E-state index in [4.69, 9.17) is 11.6 Å². The molecule has 6 heteroatoms. The van der Waals surface area contributed by atoms with Gasteiger partial charge in [0.15, 0.2) is 18.9 Å². The standard InChI is InChI=1S/C12H12ClN4O/c1-9-15-11(8-14-16-9)10-2-5-17(6-3-10)7-4-12(13)18/h2-3,5-6,8H,4,7H2,1H3/q+1. The van der Waals surface area contributed by atoms with Gasteiger partial charge in [-0.3, -0.25) is 4.79 Å². The molecule has 0 aliphatic heterocycles. The molecule has 0 saturated carbocycles. The number of rotatable bonds is 4. The molecule has 0 N–H and O–H groups in total. The topological polar surface area (TPSA) is 59.6 Å². The number of hydrogen-bond donors (Lipinski definition) is 0. The highest BCUT2D eigenvalue weighted by atomic mass is 35.5. The molecule has 0 aromatic carbocycles. The van der Waals surface area contributed by atoms with Crippen LogP contribution in [-0.2, 0) is 11.3 Å². The molecule has 92 valence electrons. The molecule has 0 fully saturated rings. The molecule has 0 unspecified atom stereocenters. The number of hydrogen-bond acceptors (Lipinski definition) is 4. The van der Waals surface area contributed by atoms with Crippen molar-refractivity contribution in [1.29, 1.82) is 0 Å². The average Bonchev–Trinajstić information content (AvgIpc) is 2.37. The molecule has 2 heterocycles. The Hall–Kier alpha value is -1.88. The van der Waals surface area contributed by atoms with Gasteiger partial charge < -0.3 is 0 Å². The van der Waals surface area contributed by atoms with Crippen LogP contribution in [0.5, 0.6) is 0 Å². The summed E-state index contributed by atoms with van der Waals surface area (Å²) in [6.45, 7) is 2.37. The van der Waals surface area contributed by atoms with Crippen molar-refractivity contribution in [2.75, 3.05) is 0 Å². The maximum Gasteiger partial charge on any atom is 0.227 e. The minimum atomic E-state index is -0.331. The lowest BCUT2D eigenvalue weighted by atomic mass is 10.2. The van der Waals surface area contributed by atoms with Crippen LogP contribution in [0.25, 0.3) is 11.3 Å². The lowest BCUT2D eigenvalue weighted by Crippen LogP contribution is -2.33. The van der Waals surface area contributed by atoms with Crippen LogP contribution >= 0.6 is 11.6 Å². The van der Waals surface area contributed by atoms with Crippen LogP contribution in [0.1, 0.15) is 12.2 Å². The van der Waals surface area contributed by atoms with Crippen molar-refractivity contribution in [2.45, 2.75) is 19.9 Å². The second-order valence-electron chi connectivity index (χ2n) is 3.82. The predicted octanol–water partition coefficient (Wildman–Crippen LogP) is 1.29. The molecule has 0 atom stereocenters. The van der Waals surface area contributed by atoms with E-state index < -0.39 is 0 Å². The SMILES string of the molecule is Cc1nncc(-c2cc[n+](CCC(=O)Cl)cc2)n1. The van der Waals surface area contributed by atoms with Crippen molar-refractivity contribution in [1.82, 2.24) is 15.2 Å². The Bertz CT molecular complexity index is 556. The number of nitrogens with zero attached hydrogens (tertiary/aromatic N) is 4. The third-order valence-corrected chi connectivity index (χ3v) is 2.61. The first-order chi connectivity index (χ1) is 8.65. The quantitative estimate of drug-likeness (QED) is 0.616. The first-order valence-corrected chi connectivity index (χ1v) is 5.87. The zero-order valence-corrected chi connectivity index (χ0v) is 10.6. The van der Waals surface area contributed by atoms with E-state index in [1.165, 1.54) is 0 Å². The smallest absolute Gasteiger partial charge is 0.227 e. The molecule has 0 bridgehead atoms. The summed E-state index contributed by atoms with van der Waals surface area (Å²) in [5.74, 6) is 0.636. The number of pyridine rings is 1. The molecule has 2 aromatic heterocycles. The second kappa shape index (κ2) is 5.64. The van der Waals surface area contributed by atoms with Crippen molar-refractivity contribution in [3.05, 3.63) is 36.5 Å². The van der Waals surface area contributed by atoms with Gasteiger partial charge in [-0.25, -0.2) is 9.55 Å². The van der Waals surface area contributed by atoms with E-state index in [-0.39, 0.29) is 5.24 Å². The third-order valence-electron chi connectivity index (χ3n) is 2.42. The molecule has 5 nitrogen and oxygen atoms in total. The van der Waals surface area contributed by atoms with Crippen LogP contribution in [0.2, 0.25) is 0 Å². The van der Waals surface area contributed by atoms with E-state index >= 15 is 0 Å². The molecule has 2 rings (SSSR count). The van der Waals surface area contributed by atoms with E-state index in [1.807, 2.05) is 29.1 Å². The van der Waals surface area contributed by atoms with E-state index in [2.05, 4.69) is 15.2 Å². The summed E-state index contributed by atoms with van der Waals surface area (Å²) in [6.07, 6.45) is 5.70. The monoisotopic (exact) mass is 263 g/mol. The summed E-state index contributed by atoms with van der Waals surface area (Å²) in [5, 5.41) is 7.34. The van der Waals surface area contributed by atoms with Crippen LogP contribution in [-0.4, -0.2) is 20.4 Å². The fourth-order valence-electron chi connectivity index (χ4n) is 1.53. The molecule has 0 aliphatic carbocycles. The fraction of sp³-hybridized carbons (Fsp3) is 0.250. The Morgan fingerprint density at radius 3 is 2.72 bits per heavy atom. The minimum Gasteiger partial charge on any atom is -0.281 e. The van der Waals surface area contributed by atoms with Gasteiger partial charge in [0, 0.05) is 17.7 Å². The number of carbonyl (C=O) groups is 1. The van der Waals surface area contributed by atoms with Gasteiger partial charge in [-0.1, -0.05) is 0 Å². The molecule has 0 saturated heterocycles. The first kappa shape index (κ1) is 12.6. The van der Waals surface area contributed by atoms with Crippen molar-refractivity contribution in [3.8, 4) is 11.3 Å². The maximum atomic E-state index is 10.7. The third kappa shape index (κ3) is 3.30. The highest BCUT2D eigenvalue weighted by Crippen LogP contribution is 2.12. The Morgan fingerprint density at radius 1 is 1.39 bits per heavy atom. The van der Waals surface area contributed by atoms with Crippen LogP contribution in [0.4, 0.5) is 0 Å². The van der Waals surface area contributed by atoms with Crippen LogP contribution in [0.3, 0.4) is 0 Å². The van der Waals surface area contributed by atoms with Crippen molar-refractivity contribution < 1.29 is 9.36 Å². The number of halogens is 1. The minimum absolute atomic E-state index is 0.319. The molecule has 0 aliphatic rings. The lowest BCUT2D eigenvalue weighted by molar-refractivity contribution is -0.695. The van der Waals surface area contributed by atoms with Gasteiger partial charge in [0.05, 0.1) is 18.3 Å². The maximum absolute atomic E-state index is 10.7. The van der Waals surface area contributed by atoms with Crippen molar-refractivity contribution in [3.63, 3.8) is 0 Å². The summed E-state index contributed by atoms with van der Waals surface area (Å²) in [5.41, 5.74) is 1.74. The van der Waals surface area contributed by atoms with Gasteiger partial charge in [0.1, 0.15) is 5.82 Å². The zero-order valence-electron chi connectivity index (χ0n) is 9.88. The molecular weight excluding hydrogens is 252 g/mol. The van der Waals surface area contributed by atoms with Crippen LogP contribution in [0, 0.1) is 6.92 Å². The van der Waals surface area contributed by atoms with Gasteiger partial charge >= 0.3 is 0 Å². The molecule has 0 radical (unpaired) electrons. The summed E-state index contributed by atoms with van der Waals surface area (Å²) >= 11 is 5.29. The Balaban J connectivity index is 2.14. The van der Waals surface area contributed by atoms with E-state index in [1.54, 1.807) is 13.1 Å². The highest BCUT2D eigenvalue weighted by molar-refractivity contribution is 6.63. The average molecular weight is 264 g/mol. The summed E-state index contributed by atoms with van der Waals surface area (Å²) in [4.78, 5) is 15.0. The van der Waals surface area contributed by atoms with Gasteiger partial charge in [0.2, 0.25) is 5.24 Å². The molecule has 18 heavy (non-hydrogen) atoms.